The number of halogens is 1. The fraction of sp³-hybridized carbons (Fsp3) is 0.188. The highest BCUT2D eigenvalue weighted by Gasteiger charge is 2.16. The lowest BCUT2D eigenvalue weighted by Gasteiger charge is -2.04. The van der Waals surface area contributed by atoms with E-state index in [1.807, 2.05) is 0 Å². The van der Waals surface area contributed by atoms with Crippen molar-refractivity contribution in [3.05, 3.63) is 62.3 Å². The molecule has 3 aromatic heterocycles. The molecule has 9 nitrogen and oxygen atoms in total. The Bertz CT molecular complexity index is 1230. The van der Waals surface area contributed by atoms with Crippen molar-refractivity contribution in [2.75, 3.05) is 0 Å². The fourth-order valence-electron chi connectivity index (χ4n) is 2.70. The third-order valence-corrected chi connectivity index (χ3v) is 4.35. The average molecular weight is 373 g/mol. The Labute approximate surface area is 151 Å². The summed E-state index contributed by atoms with van der Waals surface area (Å²) in [4.78, 5) is 32.9. The second kappa shape index (κ2) is 5.95. The van der Waals surface area contributed by atoms with Gasteiger partial charge in [0.05, 0.1) is 6.33 Å². The molecule has 0 unspecified atom stereocenters. The van der Waals surface area contributed by atoms with Gasteiger partial charge in [0.1, 0.15) is 6.54 Å². The van der Waals surface area contributed by atoms with Crippen molar-refractivity contribution < 1.29 is 4.52 Å². The molecule has 0 atom stereocenters. The van der Waals surface area contributed by atoms with E-state index >= 15 is 0 Å². The van der Waals surface area contributed by atoms with Gasteiger partial charge in [-0.1, -0.05) is 16.8 Å². The summed E-state index contributed by atoms with van der Waals surface area (Å²) in [6, 6.07) is 7.05. The molecule has 0 amide bonds. The Morgan fingerprint density at radius 3 is 2.58 bits per heavy atom. The molecule has 0 spiro atoms. The molecule has 10 heteroatoms. The van der Waals surface area contributed by atoms with Crippen LogP contribution in [0.25, 0.3) is 22.6 Å². The largest absolute Gasteiger partial charge is 0.337 e. The monoisotopic (exact) mass is 372 g/mol. The molecule has 0 radical (unpaired) electrons. The van der Waals surface area contributed by atoms with Gasteiger partial charge < -0.3 is 9.09 Å². The minimum Gasteiger partial charge on any atom is -0.337 e. The van der Waals surface area contributed by atoms with Gasteiger partial charge in [0, 0.05) is 24.7 Å². The van der Waals surface area contributed by atoms with E-state index in [0.29, 0.717) is 27.9 Å². The average Bonchev–Trinajstić information content (AvgIpc) is 3.26. The van der Waals surface area contributed by atoms with E-state index < -0.39 is 11.2 Å². The van der Waals surface area contributed by atoms with Crippen LogP contribution in [0.15, 0.2) is 44.7 Å². The summed E-state index contributed by atoms with van der Waals surface area (Å²) in [6.07, 6.45) is 1.47. The minimum absolute atomic E-state index is 0.157. The van der Waals surface area contributed by atoms with Crippen LogP contribution in [0.3, 0.4) is 0 Å². The lowest BCUT2D eigenvalue weighted by atomic mass is 10.2. The molecule has 0 saturated heterocycles. The predicted octanol–water partition coefficient (Wildman–Crippen LogP) is 1.19. The molecule has 0 aliphatic rings. The van der Waals surface area contributed by atoms with E-state index in [-0.39, 0.29) is 6.54 Å². The summed E-state index contributed by atoms with van der Waals surface area (Å²) in [7, 11) is 2.99. The summed E-state index contributed by atoms with van der Waals surface area (Å²) < 4.78 is 9.21. The van der Waals surface area contributed by atoms with Crippen LogP contribution >= 0.6 is 11.6 Å². The summed E-state index contributed by atoms with van der Waals surface area (Å²) in [5.41, 5.74) is 0.489. The number of fused-ring (bicyclic) bond motifs is 1. The number of aromatic nitrogens is 6. The summed E-state index contributed by atoms with van der Waals surface area (Å²) in [5.74, 6) is 0.728. The Hall–Kier alpha value is -3.20. The number of benzene rings is 1. The van der Waals surface area contributed by atoms with Crippen LogP contribution < -0.4 is 11.2 Å². The first-order valence-electron chi connectivity index (χ1n) is 7.65. The molecule has 0 bridgehead atoms. The van der Waals surface area contributed by atoms with Gasteiger partial charge in [0.2, 0.25) is 11.7 Å². The first-order valence-corrected chi connectivity index (χ1v) is 8.03. The van der Waals surface area contributed by atoms with Gasteiger partial charge in [-0.2, -0.15) is 4.98 Å². The number of hydrogen-bond acceptors (Lipinski definition) is 6. The van der Waals surface area contributed by atoms with Gasteiger partial charge >= 0.3 is 5.69 Å². The summed E-state index contributed by atoms with van der Waals surface area (Å²) in [6.45, 7) is 0.157. The maximum absolute atomic E-state index is 12.4. The van der Waals surface area contributed by atoms with Crippen LogP contribution in [0, 0.1) is 0 Å². The molecule has 0 aliphatic carbocycles. The molecule has 4 aromatic rings. The van der Waals surface area contributed by atoms with Gasteiger partial charge in [-0.3, -0.25) is 13.9 Å². The molecule has 1 aromatic carbocycles. The molecule has 26 heavy (non-hydrogen) atoms. The SMILES string of the molecule is Cn1c(=O)c2c(ncn2Cc2nc(-c3ccc(Cl)cc3)no2)n(C)c1=O. The van der Waals surface area contributed by atoms with Crippen LogP contribution in [-0.2, 0) is 20.6 Å². The maximum Gasteiger partial charge on any atom is 0.332 e. The van der Waals surface area contributed by atoms with Gasteiger partial charge in [-0.05, 0) is 24.3 Å². The molecular weight excluding hydrogens is 360 g/mol. The molecular formula is C16H13ClN6O3. The molecule has 0 saturated carbocycles. The van der Waals surface area contributed by atoms with Gasteiger partial charge in [0.25, 0.3) is 5.56 Å². The third kappa shape index (κ3) is 2.53. The number of rotatable bonds is 3. The molecule has 0 fully saturated rings. The zero-order chi connectivity index (χ0) is 18.4. The Balaban J connectivity index is 1.74. The van der Waals surface area contributed by atoms with Gasteiger partial charge in [0.15, 0.2) is 11.2 Å². The van der Waals surface area contributed by atoms with Crippen LogP contribution in [-0.4, -0.2) is 28.8 Å². The van der Waals surface area contributed by atoms with Gasteiger partial charge in [-0.25, -0.2) is 9.78 Å². The van der Waals surface area contributed by atoms with E-state index in [2.05, 4.69) is 15.1 Å². The lowest BCUT2D eigenvalue weighted by Crippen LogP contribution is -2.37. The zero-order valence-corrected chi connectivity index (χ0v) is 14.6. The highest BCUT2D eigenvalue weighted by Crippen LogP contribution is 2.19. The summed E-state index contributed by atoms with van der Waals surface area (Å²) in [5, 5.41) is 4.56. The van der Waals surface area contributed by atoms with E-state index in [0.717, 1.165) is 10.1 Å². The molecule has 3 heterocycles. The second-order valence-corrected chi connectivity index (χ2v) is 6.21. The Kier molecular flexibility index (Phi) is 3.73. The van der Waals surface area contributed by atoms with E-state index in [1.54, 1.807) is 35.9 Å². The van der Waals surface area contributed by atoms with Crippen molar-refractivity contribution in [3.63, 3.8) is 0 Å². The van der Waals surface area contributed by atoms with Crippen molar-refractivity contribution in [2.45, 2.75) is 6.54 Å². The highest BCUT2D eigenvalue weighted by molar-refractivity contribution is 6.30. The number of imidazole rings is 1. The van der Waals surface area contributed by atoms with Crippen molar-refractivity contribution in [2.24, 2.45) is 14.1 Å². The second-order valence-electron chi connectivity index (χ2n) is 5.77. The topological polar surface area (TPSA) is 101 Å². The van der Waals surface area contributed by atoms with Gasteiger partial charge in [-0.15, -0.1) is 0 Å². The first kappa shape index (κ1) is 16.3. The lowest BCUT2D eigenvalue weighted by molar-refractivity contribution is 0.372. The van der Waals surface area contributed by atoms with Crippen molar-refractivity contribution in [1.29, 1.82) is 0 Å². The number of hydrogen-bond donors (Lipinski definition) is 0. The van der Waals surface area contributed by atoms with Crippen LogP contribution in [0.2, 0.25) is 5.02 Å². The predicted molar refractivity (Wildman–Crippen MR) is 94.1 cm³/mol. The fourth-order valence-corrected chi connectivity index (χ4v) is 2.82. The van der Waals surface area contributed by atoms with Crippen LogP contribution in [0.5, 0.6) is 0 Å². The maximum atomic E-state index is 12.4. The Morgan fingerprint density at radius 1 is 1.12 bits per heavy atom. The standard InChI is InChI=1S/C16H13ClN6O3/c1-21-14-12(15(24)22(2)16(21)25)23(8-18-14)7-11-19-13(20-26-11)9-3-5-10(17)6-4-9/h3-6,8H,7H2,1-2H3. The van der Waals surface area contributed by atoms with Crippen LogP contribution in [0.4, 0.5) is 0 Å². The highest BCUT2D eigenvalue weighted by atomic mass is 35.5. The smallest absolute Gasteiger partial charge is 0.332 e. The Morgan fingerprint density at radius 2 is 1.85 bits per heavy atom. The first-order chi connectivity index (χ1) is 12.5. The van der Waals surface area contributed by atoms with E-state index in [9.17, 15) is 9.59 Å². The number of nitrogens with zero attached hydrogens (tertiary/aromatic N) is 6. The quantitative estimate of drug-likeness (QED) is 0.535. The number of aryl methyl sites for hydroxylation is 1. The summed E-state index contributed by atoms with van der Waals surface area (Å²) >= 11 is 5.88. The third-order valence-electron chi connectivity index (χ3n) is 4.09. The molecule has 0 N–H and O–H groups in total. The molecule has 0 aliphatic heterocycles. The zero-order valence-electron chi connectivity index (χ0n) is 13.9. The van der Waals surface area contributed by atoms with E-state index in [1.165, 1.54) is 17.9 Å². The molecule has 132 valence electrons. The van der Waals surface area contributed by atoms with E-state index in [4.69, 9.17) is 16.1 Å². The molecule has 4 rings (SSSR count). The minimum atomic E-state index is -0.435. The van der Waals surface area contributed by atoms with Crippen molar-refractivity contribution >= 4 is 22.8 Å². The van der Waals surface area contributed by atoms with Crippen LogP contribution in [0.1, 0.15) is 5.89 Å². The normalized spacial score (nSPS) is 11.3. The van der Waals surface area contributed by atoms with Crippen molar-refractivity contribution in [1.82, 2.24) is 28.8 Å². The van der Waals surface area contributed by atoms with Crippen molar-refractivity contribution in [3.8, 4) is 11.4 Å².